The topological polar surface area (TPSA) is 65.1 Å². The largest absolute Gasteiger partial charge is 0.480 e. The first-order chi connectivity index (χ1) is 11.7. The van der Waals surface area contributed by atoms with Crippen molar-refractivity contribution in [3.8, 4) is 0 Å². The number of hydrogen-bond acceptors (Lipinski definition) is 2. The summed E-state index contributed by atoms with van der Waals surface area (Å²) in [4.78, 5) is 15.1. The molecule has 0 saturated heterocycles. The molecule has 2 heterocycles. The molecule has 24 heavy (non-hydrogen) atoms. The molecule has 0 amide bonds. The lowest BCUT2D eigenvalue weighted by Crippen LogP contribution is -2.44. The van der Waals surface area contributed by atoms with Gasteiger partial charge in [0.2, 0.25) is 0 Å². The second kappa shape index (κ2) is 6.13. The second-order valence-corrected chi connectivity index (χ2v) is 6.40. The van der Waals surface area contributed by atoms with Crippen molar-refractivity contribution in [2.75, 3.05) is 0 Å². The fourth-order valence-electron chi connectivity index (χ4n) is 3.67. The van der Waals surface area contributed by atoms with Crippen LogP contribution in [0.15, 0.2) is 54.6 Å². The maximum atomic E-state index is 11.6. The summed E-state index contributed by atoms with van der Waals surface area (Å²) in [5, 5.41) is 14.0. The van der Waals surface area contributed by atoms with Crippen LogP contribution in [0.25, 0.3) is 10.9 Å². The first kappa shape index (κ1) is 15.0. The molecule has 4 heteroatoms. The quantitative estimate of drug-likeness (QED) is 0.690. The van der Waals surface area contributed by atoms with Crippen LogP contribution in [0, 0.1) is 0 Å². The Morgan fingerprint density at radius 3 is 2.62 bits per heavy atom. The Labute approximate surface area is 140 Å². The highest BCUT2D eigenvalue weighted by molar-refractivity contribution is 5.86. The molecular weight excluding hydrogens is 300 g/mol. The third kappa shape index (κ3) is 2.69. The molecular formula is C20H20N2O2. The Bertz CT molecular complexity index is 870. The average Bonchev–Trinajstić information content (AvgIpc) is 2.99. The third-order valence-electron chi connectivity index (χ3n) is 4.87. The Morgan fingerprint density at radius 2 is 1.83 bits per heavy atom. The van der Waals surface area contributed by atoms with Gasteiger partial charge in [-0.2, -0.15) is 0 Å². The van der Waals surface area contributed by atoms with Gasteiger partial charge in [-0.25, -0.2) is 0 Å². The Morgan fingerprint density at radius 1 is 1.08 bits per heavy atom. The van der Waals surface area contributed by atoms with E-state index in [1.54, 1.807) is 0 Å². The van der Waals surface area contributed by atoms with Gasteiger partial charge in [-0.3, -0.25) is 10.1 Å². The van der Waals surface area contributed by atoms with E-state index in [0.717, 1.165) is 35.0 Å². The summed E-state index contributed by atoms with van der Waals surface area (Å²) < 4.78 is 0. The zero-order chi connectivity index (χ0) is 16.5. The second-order valence-electron chi connectivity index (χ2n) is 6.40. The summed E-state index contributed by atoms with van der Waals surface area (Å²) in [6, 6.07) is 18.0. The van der Waals surface area contributed by atoms with E-state index < -0.39 is 12.0 Å². The molecule has 0 saturated carbocycles. The van der Waals surface area contributed by atoms with E-state index in [2.05, 4.69) is 34.6 Å². The van der Waals surface area contributed by atoms with Crippen molar-refractivity contribution in [3.05, 3.63) is 71.4 Å². The van der Waals surface area contributed by atoms with Crippen LogP contribution >= 0.6 is 0 Å². The number of para-hydroxylation sites is 1. The predicted octanol–water partition coefficient (Wildman–Crippen LogP) is 3.44. The number of carbonyl (C=O) groups is 1. The number of aromatic amines is 1. The van der Waals surface area contributed by atoms with E-state index in [-0.39, 0.29) is 6.04 Å². The first-order valence-corrected chi connectivity index (χ1v) is 8.34. The number of fused-ring (bicyclic) bond motifs is 3. The number of nitrogens with one attached hydrogen (secondary N) is 2. The summed E-state index contributed by atoms with van der Waals surface area (Å²) in [5.74, 6) is -0.782. The lowest BCUT2D eigenvalue weighted by Gasteiger charge is -2.29. The van der Waals surface area contributed by atoms with Crippen molar-refractivity contribution in [1.29, 1.82) is 0 Å². The Hall–Kier alpha value is -2.59. The van der Waals surface area contributed by atoms with Gasteiger partial charge < -0.3 is 10.1 Å². The number of carboxylic acids is 1. The third-order valence-corrected chi connectivity index (χ3v) is 4.87. The van der Waals surface area contributed by atoms with Crippen molar-refractivity contribution in [2.45, 2.75) is 31.3 Å². The molecule has 0 spiro atoms. The van der Waals surface area contributed by atoms with Gasteiger partial charge in [-0.05, 0) is 30.0 Å². The van der Waals surface area contributed by atoms with Crippen molar-refractivity contribution in [1.82, 2.24) is 10.3 Å². The van der Waals surface area contributed by atoms with Crippen molar-refractivity contribution in [3.63, 3.8) is 0 Å². The van der Waals surface area contributed by atoms with Crippen molar-refractivity contribution in [2.24, 2.45) is 0 Å². The first-order valence-electron chi connectivity index (χ1n) is 8.34. The van der Waals surface area contributed by atoms with Crippen LogP contribution in [0.4, 0.5) is 0 Å². The van der Waals surface area contributed by atoms with Gasteiger partial charge in [-0.1, -0.05) is 48.5 Å². The molecule has 1 aliphatic heterocycles. The molecule has 0 radical (unpaired) electrons. The van der Waals surface area contributed by atoms with Gasteiger partial charge in [0.15, 0.2) is 0 Å². The van der Waals surface area contributed by atoms with Crippen LogP contribution < -0.4 is 5.32 Å². The number of hydrogen-bond donors (Lipinski definition) is 3. The van der Waals surface area contributed by atoms with Crippen LogP contribution in [0.1, 0.15) is 29.3 Å². The Balaban J connectivity index is 1.67. The highest BCUT2D eigenvalue weighted by Gasteiger charge is 2.32. The summed E-state index contributed by atoms with van der Waals surface area (Å²) in [5.41, 5.74) is 4.65. The number of aryl methyl sites for hydroxylation is 1. The van der Waals surface area contributed by atoms with Gasteiger partial charge in [-0.15, -0.1) is 0 Å². The van der Waals surface area contributed by atoms with Gasteiger partial charge in [0.05, 0.1) is 0 Å². The molecule has 0 unspecified atom stereocenters. The molecule has 4 nitrogen and oxygen atoms in total. The molecule has 0 fully saturated rings. The van der Waals surface area contributed by atoms with Crippen LogP contribution in [0.3, 0.4) is 0 Å². The fraction of sp³-hybridized carbons (Fsp3) is 0.250. The lowest BCUT2D eigenvalue weighted by molar-refractivity contribution is -0.139. The van der Waals surface area contributed by atoms with E-state index in [1.807, 2.05) is 30.3 Å². The molecule has 1 aliphatic rings. The molecule has 0 bridgehead atoms. The molecule has 0 aliphatic carbocycles. The van der Waals surface area contributed by atoms with Crippen molar-refractivity contribution >= 4 is 16.9 Å². The fourth-order valence-corrected chi connectivity index (χ4v) is 3.67. The number of carboxylic acid groups (broad SMARTS) is 1. The molecule has 4 rings (SSSR count). The average molecular weight is 320 g/mol. The zero-order valence-corrected chi connectivity index (χ0v) is 13.3. The minimum atomic E-state index is -0.782. The van der Waals surface area contributed by atoms with Crippen LogP contribution in [0.5, 0.6) is 0 Å². The van der Waals surface area contributed by atoms with Crippen LogP contribution in [-0.4, -0.2) is 22.1 Å². The predicted molar refractivity (Wildman–Crippen MR) is 94.1 cm³/mol. The van der Waals surface area contributed by atoms with Crippen LogP contribution in [0.2, 0.25) is 0 Å². The van der Waals surface area contributed by atoms with E-state index in [0.29, 0.717) is 6.42 Å². The minimum Gasteiger partial charge on any atom is -0.480 e. The number of aromatic nitrogens is 1. The number of benzene rings is 2. The molecule has 3 N–H and O–H groups in total. The van der Waals surface area contributed by atoms with Crippen LogP contribution in [-0.2, 0) is 17.6 Å². The van der Waals surface area contributed by atoms with E-state index in [9.17, 15) is 9.90 Å². The summed E-state index contributed by atoms with van der Waals surface area (Å²) in [6.07, 6.45) is 2.31. The van der Waals surface area contributed by atoms with Gasteiger partial charge in [0.25, 0.3) is 0 Å². The van der Waals surface area contributed by atoms with Gasteiger partial charge in [0, 0.05) is 29.1 Å². The standard InChI is InChI=1S/C20H20N2O2/c23-20(24)18-12-15-14-8-4-5-9-16(14)22-19(15)17(21-18)11-10-13-6-2-1-3-7-13/h1-9,17-18,21-22H,10-12H2,(H,23,24)/t17-,18-/m1/s1. The summed E-state index contributed by atoms with van der Waals surface area (Å²) in [6.45, 7) is 0. The monoisotopic (exact) mass is 320 g/mol. The van der Waals surface area contributed by atoms with E-state index in [1.165, 1.54) is 5.56 Å². The number of rotatable bonds is 4. The smallest absolute Gasteiger partial charge is 0.321 e. The van der Waals surface area contributed by atoms with E-state index in [4.69, 9.17) is 0 Å². The van der Waals surface area contributed by atoms with Gasteiger partial charge >= 0.3 is 5.97 Å². The SMILES string of the molecule is O=C(O)[C@H]1Cc2c([nH]c3ccccc23)[C@@H](CCc2ccccc2)N1. The van der Waals surface area contributed by atoms with E-state index >= 15 is 0 Å². The zero-order valence-electron chi connectivity index (χ0n) is 13.3. The lowest BCUT2D eigenvalue weighted by atomic mass is 9.91. The normalized spacial score (nSPS) is 20.0. The molecule has 2 atom stereocenters. The maximum absolute atomic E-state index is 11.6. The highest BCUT2D eigenvalue weighted by Crippen LogP contribution is 2.33. The Kier molecular flexibility index (Phi) is 3.82. The number of H-pyrrole nitrogens is 1. The van der Waals surface area contributed by atoms with Crippen molar-refractivity contribution < 1.29 is 9.90 Å². The molecule has 1 aromatic heterocycles. The molecule has 3 aromatic rings. The maximum Gasteiger partial charge on any atom is 0.321 e. The number of aliphatic carboxylic acids is 1. The van der Waals surface area contributed by atoms with Gasteiger partial charge in [0.1, 0.15) is 6.04 Å². The minimum absolute atomic E-state index is 0.0301. The highest BCUT2D eigenvalue weighted by atomic mass is 16.4. The molecule has 2 aromatic carbocycles. The summed E-state index contributed by atoms with van der Waals surface area (Å²) >= 11 is 0. The molecule has 122 valence electrons. The summed E-state index contributed by atoms with van der Waals surface area (Å²) in [7, 11) is 0.